The fourth-order valence-corrected chi connectivity index (χ4v) is 2.89. The molecular weight excluding hydrogens is 358 g/mol. The number of hydrogen-bond donors (Lipinski definition) is 2. The SMILES string of the molecule is CC(C)(C)c1ccc(OCCNC(=O)c2c[nH]c3ccc([N+](=O)[O-])cc23)cc1. The number of carbonyl (C=O) groups excluding carboxylic acids is 1. The van der Waals surface area contributed by atoms with Crippen LogP contribution in [-0.2, 0) is 5.41 Å². The molecule has 0 bridgehead atoms. The number of benzene rings is 2. The van der Waals surface area contributed by atoms with Crippen molar-refractivity contribution >= 4 is 22.5 Å². The summed E-state index contributed by atoms with van der Waals surface area (Å²) in [6.07, 6.45) is 1.55. The van der Waals surface area contributed by atoms with E-state index in [1.165, 1.54) is 17.7 Å². The maximum Gasteiger partial charge on any atom is 0.270 e. The highest BCUT2D eigenvalue weighted by Gasteiger charge is 2.15. The summed E-state index contributed by atoms with van der Waals surface area (Å²) < 4.78 is 5.67. The van der Waals surface area contributed by atoms with Crippen LogP contribution < -0.4 is 10.1 Å². The van der Waals surface area contributed by atoms with Gasteiger partial charge in [0, 0.05) is 29.2 Å². The molecule has 1 aromatic heterocycles. The standard InChI is InChI=1S/C21H23N3O4/c1-21(2,3)14-4-7-16(8-5-14)28-11-10-22-20(25)18-13-23-19-9-6-15(24(26)27)12-17(18)19/h4-9,12-13,23H,10-11H2,1-3H3,(H,22,25). The number of non-ortho nitro benzene ring substituents is 1. The van der Waals surface area contributed by atoms with E-state index in [2.05, 4.69) is 31.1 Å². The Morgan fingerprint density at radius 3 is 2.54 bits per heavy atom. The number of fused-ring (bicyclic) bond motifs is 1. The van der Waals surface area contributed by atoms with E-state index in [1.807, 2.05) is 24.3 Å². The van der Waals surface area contributed by atoms with Crippen LogP contribution in [0.25, 0.3) is 10.9 Å². The number of nitrogens with one attached hydrogen (secondary N) is 2. The smallest absolute Gasteiger partial charge is 0.270 e. The van der Waals surface area contributed by atoms with Crippen LogP contribution in [0.4, 0.5) is 5.69 Å². The summed E-state index contributed by atoms with van der Waals surface area (Å²) >= 11 is 0. The predicted octanol–water partition coefficient (Wildman–Crippen LogP) is 4.18. The number of aromatic nitrogens is 1. The second kappa shape index (κ2) is 7.72. The Hall–Kier alpha value is -3.35. The van der Waals surface area contributed by atoms with Gasteiger partial charge in [-0.2, -0.15) is 0 Å². The Morgan fingerprint density at radius 1 is 1.18 bits per heavy atom. The molecule has 0 aliphatic heterocycles. The van der Waals surface area contributed by atoms with Gasteiger partial charge in [-0.05, 0) is 29.2 Å². The molecule has 3 rings (SSSR count). The first-order chi connectivity index (χ1) is 13.3. The average molecular weight is 381 g/mol. The third-order valence-corrected chi connectivity index (χ3v) is 4.50. The number of rotatable bonds is 6. The number of nitro benzene ring substituents is 1. The highest BCUT2D eigenvalue weighted by Crippen LogP contribution is 2.25. The maximum absolute atomic E-state index is 12.4. The van der Waals surface area contributed by atoms with Crippen molar-refractivity contribution in [2.45, 2.75) is 26.2 Å². The van der Waals surface area contributed by atoms with Gasteiger partial charge in [0.25, 0.3) is 11.6 Å². The van der Waals surface area contributed by atoms with Crippen molar-refractivity contribution in [1.82, 2.24) is 10.3 Å². The number of hydrogen-bond acceptors (Lipinski definition) is 4. The Kier molecular flexibility index (Phi) is 5.35. The fraction of sp³-hybridized carbons (Fsp3) is 0.286. The predicted molar refractivity (Wildman–Crippen MR) is 108 cm³/mol. The van der Waals surface area contributed by atoms with Crippen molar-refractivity contribution in [3.8, 4) is 5.75 Å². The third kappa shape index (κ3) is 4.31. The topological polar surface area (TPSA) is 97.3 Å². The molecule has 0 radical (unpaired) electrons. The lowest BCUT2D eigenvalue weighted by molar-refractivity contribution is -0.384. The van der Waals surface area contributed by atoms with Gasteiger partial charge in [-0.1, -0.05) is 32.9 Å². The van der Waals surface area contributed by atoms with Crippen molar-refractivity contribution < 1.29 is 14.5 Å². The first-order valence-electron chi connectivity index (χ1n) is 9.03. The molecule has 0 atom stereocenters. The monoisotopic (exact) mass is 381 g/mol. The van der Waals surface area contributed by atoms with Gasteiger partial charge in [-0.15, -0.1) is 0 Å². The van der Waals surface area contributed by atoms with Crippen LogP contribution in [0.3, 0.4) is 0 Å². The summed E-state index contributed by atoms with van der Waals surface area (Å²) in [4.78, 5) is 25.8. The first kappa shape index (κ1) is 19.4. The minimum absolute atomic E-state index is 0.0526. The van der Waals surface area contributed by atoms with Gasteiger partial charge in [0.05, 0.1) is 17.0 Å². The van der Waals surface area contributed by atoms with Crippen LogP contribution in [0.1, 0.15) is 36.7 Å². The van der Waals surface area contributed by atoms with Gasteiger partial charge in [0.1, 0.15) is 12.4 Å². The van der Waals surface area contributed by atoms with E-state index in [4.69, 9.17) is 4.74 Å². The van der Waals surface area contributed by atoms with E-state index in [1.54, 1.807) is 12.3 Å². The molecule has 0 spiro atoms. The zero-order valence-electron chi connectivity index (χ0n) is 16.1. The minimum atomic E-state index is -0.479. The van der Waals surface area contributed by atoms with Gasteiger partial charge < -0.3 is 15.0 Å². The quantitative estimate of drug-likeness (QED) is 0.380. The largest absolute Gasteiger partial charge is 0.492 e. The van der Waals surface area contributed by atoms with Crippen LogP contribution in [0, 0.1) is 10.1 Å². The molecule has 0 aliphatic carbocycles. The average Bonchev–Trinajstić information content (AvgIpc) is 3.08. The molecule has 2 aromatic carbocycles. The minimum Gasteiger partial charge on any atom is -0.492 e. The van der Waals surface area contributed by atoms with Crippen molar-refractivity contribution in [3.63, 3.8) is 0 Å². The van der Waals surface area contributed by atoms with Crippen LogP contribution >= 0.6 is 0 Å². The molecule has 146 valence electrons. The van der Waals surface area contributed by atoms with Crippen molar-refractivity contribution in [3.05, 3.63) is 69.9 Å². The lowest BCUT2D eigenvalue weighted by Crippen LogP contribution is -2.27. The highest BCUT2D eigenvalue weighted by molar-refractivity contribution is 6.07. The molecular formula is C21H23N3O4. The molecule has 1 amide bonds. The number of amides is 1. The number of aromatic amines is 1. The normalized spacial score (nSPS) is 11.4. The number of nitro groups is 1. The number of ether oxygens (including phenoxy) is 1. The molecule has 7 nitrogen and oxygen atoms in total. The van der Waals surface area contributed by atoms with Gasteiger partial charge >= 0.3 is 0 Å². The molecule has 0 saturated heterocycles. The van der Waals surface area contributed by atoms with Crippen LogP contribution in [0.5, 0.6) is 5.75 Å². The summed E-state index contributed by atoms with van der Waals surface area (Å²) in [5, 5.41) is 14.2. The molecule has 0 aliphatic rings. The second-order valence-electron chi connectivity index (χ2n) is 7.57. The van der Waals surface area contributed by atoms with E-state index in [-0.39, 0.29) is 17.0 Å². The van der Waals surface area contributed by atoms with Gasteiger partial charge in [0.15, 0.2) is 0 Å². The van der Waals surface area contributed by atoms with E-state index in [9.17, 15) is 14.9 Å². The Morgan fingerprint density at radius 2 is 1.89 bits per heavy atom. The van der Waals surface area contributed by atoms with E-state index >= 15 is 0 Å². The van der Waals surface area contributed by atoms with Crippen molar-refractivity contribution in [2.75, 3.05) is 13.2 Å². The molecule has 3 aromatic rings. The summed E-state index contributed by atoms with van der Waals surface area (Å²) in [6, 6.07) is 12.3. The Labute approximate surface area is 162 Å². The van der Waals surface area contributed by atoms with Crippen molar-refractivity contribution in [2.24, 2.45) is 0 Å². The maximum atomic E-state index is 12.4. The molecule has 0 saturated carbocycles. The van der Waals surface area contributed by atoms with Crippen LogP contribution in [0.2, 0.25) is 0 Å². The molecule has 28 heavy (non-hydrogen) atoms. The highest BCUT2D eigenvalue weighted by atomic mass is 16.6. The second-order valence-corrected chi connectivity index (χ2v) is 7.57. The lowest BCUT2D eigenvalue weighted by atomic mass is 9.87. The number of H-pyrrole nitrogens is 1. The molecule has 0 fully saturated rings. The molecule has 7 heteroatoms. The van der Waals surface area contributed by atoms with Crippen molar-refractivity contribution in [1.29, 1.82) is 0 Å². The number of carbonyl (C=O) groups is 1. The van der Waals surface area contributed by atoms with Gasteiger partial charge in [0.2, 0.25) is 0 Å². The molecule has 0 unspecified atom stereocenters. The summed E-state index contributed by atoms with van der Waals surface area (Å²) in [5.74, 6) is 0.434. The van der Waals surface area contributed by atoms with E-state index in [0.29, 0.717) is 29.6 Å². The molecule has 2 N–H and O–H groups in total. The zero-order chi connectivity index (χ0) is 20.3. The lowest BCUT2D eigenvalue weighted by Gasteiger charge is -2.19. The zero-order valence-corrected chi connectivity index (χ0v) is 16.1. The van der Waals surface area contributed by atoms with Crippen LogP contribution in [0.15, 0.2) is 48.7 Å². The third-order valence-electron chi connectivity index (χ3n) is 4.50. The van der Waals surface area contributed by atoms with E-state index in [0.717, 1.165) is 5.75 Å². The number of nitrogens with zero attached hydrogens (tertiary/aromatic N) is 1. The van der Waals surface area contributed by atoms with Gasteiger partial charge in [-0.3, -0.25) is 14.9 Å². The molecule has 1 heterocycles. The van der Waals surface area contributed by atoms with Gasteiger partial charge in [-0.25, -0.2) is 0 Å². The summed E-state index contributed by atoms with van der Waals surface area (Å²) in [5.41, 5.74) is 2.30. The van der Waals surface area contributed by atoms with Crippen LogP contribution in [-0.4, -0.2) is 29.0 Å². The Balaban J connectivity index is 1.57. The Bertz CT molecular complexity index is 1000. The first-order valence-corrected chi connectivity index (χ1v) is 9.03. The summed E-state index contributed by atoms with van der Waals surface area (Å²) in [7, 11) is 0. The van der Waals surface area contributed by atoms with E-state index < -0.39 is 4.92 Å². The summed E-state index contributed by atoms with van der Waals surface area (Å²) in [6.45, 7) is 7.09. The fourth-order valence-electron chi connectivity index (χ4n) is 2.89.